The monoisotopic (exact) mass is 364 g/mol. The molecule has 0 fully saturated rings. The lowest BCUT2D eigenvalue weighted by Crippen LogP contribution is -2.16. The predicted molar refractivity (Wildman–Crippen MR) is 91.1 cm³/mol. The highest BCUT2D eigenvalue weighted by Gasteiger charge is 2.20. The number of rotatable bonds is 5. The van der Waals surface area contributed by atoms with E-state index in [0.29, 0.717) is 46.8 Å². The van der Waals surface area contributed by atoms with Crippen LogP contribution in [0.1, 0.15) is 15.9 Å². The molecule has 0 aromatic heterocycles. The van der Waals surface area contributed by atoms with Crippen LogP contribution in [-0.4, -0.2) is 33.4 Å². The van der Waals surface area contributed by atoms with Crippen LogP contribution in [0.2, 0.25) is 5.02 Å². The van der Waals surface area contributed by atoms with E-state index in [2.05, 4.69) is 0 Å². The quantitative estimate of drug-likeness (QED) is 0.757. The second kappa shape index (κ2) is 7.53. The maximum Gasteiger partial charge on any atom is 0.338 e. The van der Waals surface area contributed by atoms with E-state index in [1.165, 1.54) is 6.07 Å². The average molecular weight is 365 g/mol. The van der Waals surface area contributed by atoms with Crippen molar-refractivity contribution < 1.29 is 28.5 Å². The van der Waals surface area contributed by atoms with Gasteiger partial charge >= 0.3 is 5.97 Å². The Bertz CT molecular complexity index is 789. The zero-order valence-corrected chi connectivity index (χ0v) is 14.6. The van der Waals surface area contributed by atoms with E-state index in [1.807, 2.05) is 0 Å². The molecule has 2 aromatic rings. The van der Waals surface area contributed by atoms with E-state index in [0.717, 1.165) is 0 Å². The van der Waals surface area contributed by atoms with Gasteiger partial charge in [-0.3, -0.25) is 0 Å². The predicted octanol–water partition coefficient (Wildman–Crippen LogP) is 3.49. The van der Waals surface area contributed by atoms with E-state index in [4.69, 9.17) is 35.3 Å². The largest absolute Gasteiger partial charge is 0.497 e. The van der Waals surface area contributed by atoms with Gasteiger partial charge in [0.25, 0.3) is 0 Å². The lowest BCUT2D eigenvalue weighted by molar-refractivity contribution is 0.0469. The molecule has 0 radical (unpaired) electrons. The number of hydrogen-bond acceptors (Lipinski definition) is 6. The van der Waals surface area contributed by atoms with Crippen LogP contribution in [0, 0.1) is 0 Å². The Morgan fingerprint density at radius 2 is 1.92 bits per heavy atom. The van der Waals surface area contributed by atoms with Gasteiger partial charge in [0.2, 0.25) is 0 Å². The molecule has 0 spiro atoms. The molecular weight excluding hydrogens is 348 g/mol. The Kier molecular flexibility index (Phi) is 5.19. The summed E-state index contributed by atoms with van der Waals surface area (Å²) in [6.07, 6.45) is 0. The van der Waals surface area contributed by atoms with Crippen LogP contribution >= 0.6 is 11.6 Å². The minimum absolute atomic E-state index is 0.0330. The molecule has 0 amide bonds. The number of fused-ring (bicyclic) bond motifs is 1. The molecule has 0 atom stereocenters. The van der Waals surface area contributed by atoms with Crippen molar-refractivity contribution in [3.05, 3.63) is 46.5 Å². The highest BCUT2D eigenvalue weighted by atomic mass is 35.5. The van der Waals surface area contributed by atoms with Gasteiger partial charge in [0.05, 0.1) is 24.8 Å². The standard InChI is InChI=1S/C18H17ClO6/c1-21-13-3-4-15(22-2)12(7-13)10-25-18(20)11-8-14(19)17-16(9-11)23-5-6-24-17/h3-4,7-9H,5-6,10H2,1-2H3. The number of benzene rings is 2. The topological polar surface area (TPSA) is 63.2 Å². The molecule has 25 heavy (non-hydrogen) atoms. The van der Waals surface area contributed by atoms with Crippen molar-refractivity contribution in [1.29, 1.82) is 0 Å². The Morgan fingerprint density at radius 3 is 2.68 bits per heavy atom. The fourth-order valence-corrected chi connectivity index (χ4v) is 2.72. The first kappa shape index (κ1) is 17.2. The molecule has 0 N–H and O–H groups in total. The van der Waals surface area contributed by atoms with Crippen LogP contribution < -0.4 is 18.9 Å². The van der Waals surface area contributed by atoms with Crippen molar-refractivity contribution in [2.75, 3.05) is 27.4 Å². The molecule has 1 heterocycles. The molecule has 0 saturated heterocycles. The first-order valence-electron chi connectivity index (χ1n) is 7.59. The average Bonchev–Trinajstić information content (AvgIpc) is 2.65. The molecule has 3 rings (SSSR count). The summed E-state index contributed by atoms with van der Waals surface area (Å²) in [5.41, 5.74) is 0.981. The van der Waals surface area contributed by atoms with E-state index < -0.39 is 5.97 Å². The third-order valence-electron chi connectivity index (χ3n) is 3.68. The molecule has 0 aliphatic carbocycles. The molecular formula is C18H17ClO6. The maximum atomic E-state index is 12.4. The molecule has 0 saturated carbocycles. The fraction of sp³-hybridized carbons (Fsp3) is 0.278. The SMILES string of the molecule is COc1ccc(OC)c(COC(=O)c2cc(Cl)c3c(c2)OCCO3)c1. The van der Waals surface area contributed by atoms with Gasteiger partial charge in [-0.05, 0) is 30.3 Å². The highest BCUT2D eigenvalue weighted by Crippen LogP contribution is 2.38. The third-order valence-corrected chi connectivity index (χ3v) is 3.96. The lowest BCUT2D eigenvalue weighted by atomic mass is 10.2. The van der Waals surface area contributed by atoms with Gasteiger partial charge in [-0.2, -0.15) is 0 Å². The lowest BCUT2D eigenvalue weighted by Gasteiger charge is -2.20. The summed E-state index contributed by atoms with van der Waals surface area (Å²) in [6.45, 7) is 0.861. The van der Waals surface area contributed by atoms with Gasteiger partial charge in [0.1, 0.15) is 31.3 Å². The fourth-order valence-electron chi connectivity index (χ4n) is 2.45. The van der Waals surface area contributed by atoms with Gasteiger partial charge in [-0.1, -0.05) is 11.6 Å². The van der Waals surface area contributed by atoms with Crippen molar-refractivity contribution in [2.45, 2.75) is 6.61 Å². The number of hydrogen-bond donors (Lipinski definition) is 0. The second-order valence-corrected chi connectivity index (χ2v) is 5.64. The summed E-state index contributed by atoms with van der Waals surface area (Å²) in [5.74, 6) is 1.61. The summed E-state index contributed by atoms with van der Waals surface area (Å²) in [6, 6.07) is 8.34. The van der Waals surface area contributed by atoms with Crippen LogP contribution in [0.25, 0.3) is 0 Å². The van der Waals surface area contributed by atoms with E-state index >= 15 is 0 Å². The Balaban J connectivity index is 1.76. The van der Waals surface area contributed by atoms with Crippen molar-refractivity contribution >= 4 is 17.6 Å². The van der Waals surface area contributed by atoms with Crippen LogP contribution in [0.5, 0.6) is 23.0 Å². The zero-order valence-electron chi connectivity index (χ0n) is 13.8. The van der Waals surface area contributed by atoms with Crippen LogP contribution in [-0.2, 0) is 11.3 Å². The number of esters is 1. The number of carbonyl (C=O) groups is 1. The van der Waals surface area contributed by atoms with Crippen molar-refractivity contribution in [3.8, 4) is 23.0 Å². The van der Waals surface area contributed by atoms with Crippen molar-refractivity contribution in [1.82, 2.24) is 0 Å². The van der Waals surface area contributed by atoms with Gasteiger partial charge in [0.15, 0.2) is 11.5 Å². The molecule has 2 aromatic carbocycles. The molecule has 1 aliphatic heterocycles. The van der Waals surface area contributed by atoms with E-state index in [1.54, 1.807) is 38.5 Å². The van der Waals surface area contributed by atoms with E-state index in [9.17, 15) is 4.79 Å². The summed E-state index contributed by atoms with van der Waals surface area (Å²) < 4.78 is 26.7. The normalized spacial score (nSPS) is 12.4. The van der Waals surface area contributed by atoms with Gasteiger partial charge < -0.3 is 23.7 Å². The van der Waals surface area contributed by atoms with Gasteiger partial charge in [-0.15, -0.1) is 0 Å². The van der Waals surface area contributed by atoms with Crippen LogP contribution in [0.3, 0.4) is 0 Å². The summed E-state index contributed by atoms with van der Waals surface area (Å²) in [7, 11) is 3.11. The third kappa shape index (κ3) is 3.74. The number of carbonyl (C=O) groups excluding carboxylic acids is 1. The first-order chi connectivity index (χ1) is 12.1. The second-order valence-electron chi connectivity index (χ2n) is 5.24. The van der Waals surface area contributed by atoms with Crippen LogP contribution in [0.15, 0.2) is 30.3 Å². The van der Waals surface area contributed by atoms with Gasteiger partial charge in [-0.25, -0.2) is 4.79 Å². The minimum atomic E-state index is -0.524. The minimum Gasteiger partial charge on any atom is -0.497 e. The van der Waals surface area contributed by atoms with Crippen molar-refractivity contribution in [3.63, 3.8) is 0 Å². The molecule has 0 unspecified atom stereocenters. The van der Waals surface area contributed by atoms with E-state index in [-0.39, 0.29) is 12.2 Å². The number of halogens is 1. The van der Waals surface area contributed by atoms with Crippen molar-refractivity contribution in [2.24, 2.45) is 0 Å². The Hall–Kier alpha value is -2.60. The summed E-state index contributed by atoms with van der Waals surface area (Å²) >= 11 is 6.15. The molecule has 6 nitrogen and oxygen atoms in total. The molecule has 0 bridgehead atoms. The molecule has 7 heteroatoms. The number of ether oxygens (including phenoxy) is 5. The highest BCUT2D eigenvalue weighted by molar-refractivity contribution is 6.32. The maximum absolute atomic E-state index is 12.4. The summed E-state index contributed by atoms with van der Waals surface area (Å²) in [5, 5.41) is 0.308. The zero-order chi connectivity index (χ0) is 17.8. The van der Waals surface area contributed by atoms with Gasteiger partial charge in [0, 0.05) is 5.56 Å². The molecule has 132 valence electrons. The summed E-state index contributed by atoms with van der Waals surface area (Å²) in [4.78, 5) is 12.4. The molecule has 1 aliphatic rings. The Labute approximate surface area is 150 Å². The smallest absolute Gasteiger partial charge is 0.338 e. The Morgan fingerprint density at radius 1 is 1.12 bits per heavy atom. The van der Waals surface area contributed by atoms with Crippen LogP contribution in [0.4, 0.5) is 0 Å². The first-order valence-corrected chi connectivity index (χ1v) is 7.97. The number of methoxy groups -OCH3 is 2.